The van der Waals surface area contributed by atoms with Gasteiger partial charge in [0.2, 0.25) is 11.8 Å². The molecule has 0 bridgehead atoms. The van der Waals surface area contributed by atoms with Gasteiger partial charge in [-0.25, -0.2) is 0 Å². The maximum absolute atomic E-state index is 12.7. The lowest BCUT2D eigenvalue weighted by Gasteiger charge is -2.37. The summed E-state index contributed by atoms with van der Waals surface area (Å²) in [6.45, 7) is 2.72. The average Bonchev–Trinajstić information content (AvgIpc) is 2.95. The molecule has 2 aromatic carbocycles. The predicted octanol–water partition coefficient (Wildman–Crippen LogP) is 2.19. The Morgan fingerprint density at radius 3 is 2.35 bits per heavy atom. The highest BCUT2D eigenvalue weighted by molar-refractivity contribution is 6.05. The molecule has 4 N–H and O–H groups in total. The number of para-hydroxylation sites is 2. The van der Waals surface area contributed by atoms with Gasteiger partial charge in [-0.3, -0.25) is 19.4 Å². The van der Waals surface area contributed by atoms with Crippen molar-refractivity contribution in [1.29, 1.82) is 0 Å². The summed E-state index contributed by atoms with van der Waals surface area (Å²) in [5.74, 6) is -0.484. The number of amides is 3. The molecule has 2 heterocycles. The van der Waals surface area contributed by atoms with Crippen LogP contribution in [0.15, 0.2) is 73.1 Å². The van der Waals surface area contributed by atoms with E-state index in [1.54, 1.807) is 23.2 Å². The zero-order valence-electron chi connectivity index (χ0n) is 20.7. The Bertz CT molecular complexity index is 1230. The molecule has 37 heavy (non-hydrogen) atoms. The van der Waals surface area contributed by atoms with Crippen LogP contribution in [-0.2, 0) is 22.6 Å². The number of anilines is 2. The third kappa shape index (κ3) is 6.92. The van der Waals surface area contributed by atoms with Crippen molar-refractivity contribution < 1.29 is 14.4 Å². The minimum absolute atomic E-state index is 0.0187. The van der Waals surface area contributed by atoms with Crippen molar-refractivity contribution in [3.8, 4) is 0 Å². The molecule has 0 radical (unpaired) electrons. The largest absolute Gasteiger partial charge is 0.366 e. The second-order valence-electron chi connectivity index (χ2n) is 8.83. The van der Waals surface area contributed by atoms with Crippen molar-refractivity contribution >= 4 is 29.1 Å². The van der Waals surface area contributed by atoms with Gasteiger partial charge in [0.15, 0.2) is 0 Å². The van der Waals surface area contributed by atoms with E-state index in [-0.39, 0.29) is 24.3 Å². The SMILES string of the molecule is NCc1ccccc1CCC(=O)NCC(=O)N1CCN(c2ccccc2NC(=O)c2cccnc2)CC1. The highest BCUT2D eigenvalue weighted by Gasteiger charge is 2.23. The van der Waals surface area contributed by atoms with E-state index in [0.29, 0.717) is 56.8 Å². The Hall–Kier alpha value is -4.24. The molecule has 0 saturated carbocycles. The van der Waals surface area contributed by atoms with Crippen LogP contribution in [0, 0.1) is 0 Å². The maximum Gasteiger partial charge on any atom is 0.257 e. The highest BCUT2D eigenvalue weighted by Crippen LogP contribution is 2.27. The normalized spacial score (nSPS) is 13.2. The summed E-state index contributed by atoms with van der Waals surface area (Å²) in [4.78, 5) is 45.5. The lowest BCUT2D eigenvalue weighted by molar-refractivity contribution is -0.133. The van der Waals surface area contributed by atoms with E-state index in [1.165, 1.54) is 6.20 Å². The molecule has 9 nitrogen and oxygen atoms in total. The van der Waals surface area contributed by atoms with Gasteiger partial charge in [0.1, 0.15) is 0 Å². The molecule has 1 aliphatic rings. The number of hydrogen-bond acceptors (Lipinski definition) is 6. The second-order valence-corrected chi connectivity index (χ2v) is 8.83. The fourth-order valence-electron chi connectivity index (χ4n) is 4.37. The first kappa shape index (κ1) is 25.8. The molecule has 1 saturated heterocycles. The van der Waals surface area contributed by atoms with Gasteiger partial charge in [0.25, 0.3) is 5.91 Å². The van der Waals surface area contributed by atoms with E-state index in [0.717, 1.165) is 16.8 Å². The monoisotopic (exact) mass is 500 g/mol. The predicted molar refractivity (Wildman–Crippen MR) is 143 cm³/mol. The highest BCUT2D eigenvalue weighted by atomic mass is 16.2. The fraction of sp³-hybridized carbons (Fsp3) is 0.286. The quantitative estimate of drug-likeness (QED) is 0.414. The lowest BCUT2D eigenvalue weighted by Crippen LogP contribution is -2.51. The van der Waals surface area contributed by atoms with E-state index in [9.17, 15) is 14.4 Å². The minimum atomic E-state index is -0.225. The molecule has 1 aromatic heterocycles. The first-order chi connectivity index (χ1) is 18.0. The number of benzene rings is 2. The number of rotatable bonds is 9. The Morgan fingerprint density at radius 2 is 1.62 bits per heavy atom. The molecule has 0 spiro atoms. The summed E-state index contributed by atoms with van der Waals surface area (Å²) >= 11 is 0. The van der Waals surface area contributed by atoms with Gasteiger partial charge in [0.05, 0.1) is 23.5 Å². The maximum atomic E-state index is 12.7. The smallest absolute Gasteiger partial charge is 0.257 e. The number of pyridine rings is 1. The van der Waals surface area contributed by atoms with Gasteiger partial charge in [-0.15, -0.1) is 0 Å². The van der Waals surface area contributed by atoms with Crippen molar-refractivity contribution in [3.63, 3.8) is 0 Å². The van der Waals surface area contributed by atoms with Gasteiger partial charge in [-0.1, -0.05) is 36.4 Å². The summed E-state index contributed by atoms with van der Waals surface area (Å²) in [5, 5.41) is 5.72. The number of carbonyl (C=O) groups is 3. The molecular formula is C28H32N6O3. The summed E-state index contributed by atoms with van der Waals surface area (Å²) < 4.78 is 0. The number of hydrogen-bond donors (Lipinski definition) is 3. The number of nitrogens with zero attached hydrogens (tertiary/aromatic N) is 3. The average molecular weight is 501 g/mol. The molecule has 192 valence electrons. The van der Waals surface area contributed by atoms with Gasteiger partial charge in [-0.05, 0) is 41.8 Å². The standard InChI is InChI=1S/C28H32N6O3/c29-18-22-7-2-1-6-21(22)11-12-26(35)31-20-27(36)34-16-14-33(15-17-34)25-10-4-3-9-24(25)32-28(37)23-8-5-13-30-19-23/h1-10,13,19H,11-12,14-18,20,29H2,(H,31,35)(H,32,37). The summed E-state index contributed by atoms with van der Waals surface area (Å²) in [5.41, 5.74) is 9.94. The molecule has 3 amide bonds. The Kier molecular flexibility index (Phi) is 8.83. The van der Waals surface area contributed by atoms with Crippen LogP contribution in [0.2, 0.25) is 0 Å². The number of aryl methyl sites for hydroxylation is 1. The van der Waals surface area contributed by atoms with Crippen LogP contribution in [0.1, 0.15) is 27.9 Å². The number of nitrogens with two attached hydrogens (primary N) is 1. The second kappa shape index (κ2) is 12.6. The molecule has 4 rings (SSSR count). The van der Waals surface area contributed by atoms with Gasteiger partial charge in [-0.2, -0.15) is 0 Å². The lowest BCUT2D eigenvalue weighted by atomic mass is 10.0. The summed E-state index contributed by atoms with van der Waals surface area (Å²) in [6, 6.07) is 18.9. The van der Waals surface area contributed by atoms with Crippen LogP contribution in [0.4, 0.5) is 11.4 Å². The molecule has 3 aromatic rings. The van der Waals surface area contributed by atoms with Gasteiger partial charge >= 0.3 is 0 Å². The fourth-order valence-corrected chi connectivity index (χ4v) is 4.37. The first-order valence-electron chi connectivity index (χ1n) is 12.4. The van der Waals surface area contributed by atoms with Crippen LogP contribution in [0.25, 0.3) is 0 Å². The number of carbonyl (C=O) groups excluding carboxylic acids is 3. The Balaban J connectivity index is 1.25. The van der Waals surface area contributed by atoms with Crippen molar-refractivity contribution in [2.24, 2.45) is 5.73 Å². The van der Waals surface area contributed by atoms with E-state index >= 15 is 0 Å². The topological polar surface area (TPSA) is 121 Å². The Labute approximate surface area is 216 Å². The zero-order valence-corrected chi connectivity index (χ0v) is 20.7. The molecule has 1 aliphatic heterocycles. The van der Waals surface area contributed by atoms with Crippen LogP contribution in [0.3, 0.4) is 0 Å². The van der Waals surface area contributed by atoms with Crippen molar-refractivity contribution in [1.82, 2.24) is 15.2 Å². The number of aromatic nitrogens is 1. The van der Waals surface area contributed by atoms with Crippen LogP contribution >= 0.6 is 0 Å². The Morgan fingerprint density at radius 1 is 0.892 bits per heavy atom. The molecule has 0 unspecified atom stereocenters. The van der Waals surface area contributed by atoms with E-state index in [4.69, 9.17) is 5.73 Å². The molecule has 0 aliphatic carbocycles. The molecule has 0 atom stereocenters. The van der Waals surface area contributed by atoms with E-state index in [2.05, 4.69) is 20.5 Å². The van der Waals surface area contributed by atoms with Gasteiger partial charge in [0, 0.05) is 51.5 Å². The van der Waals surface area contributed by atoms with E-state index < -0.39 is 0 Å². The molecular weight excluding hydrogens is 468 g/mol. The third-order valence-electron chi connectivity index (χ3n) is 6.45. The van der Waals surface area contributed by atoms with E-state index in [1.807, 2.05) is 48.5 Å². The van der Waals surface area contributed by atoms with Gasteiger partial charge < -0.3 is 26.2 Å². The molecule has 9 heteroatoms. The number of piperazine rings is 1. The third-order valence-corrected chi connectivity index (χ3v) is 6.45. The summed E-state index contributed by atoms with van der Waals surface area (Å²) in [6.07, 6.45) is 4.04. The number of nitrogens with one attached hydrogen (secondary N) is 2. The van der Waals surface area contributed by atoms with Crippen molar-refractivity contribution in [3.05, 3.63) is 89.7 Å². The minimum Gasteiger partial charge on any atom is -0.366 e. The molecule has 1 fully saturated rings. The van der Waals surface area contributed by atoms with Crippen molar-refractivity contribution in [2.45, 2.75) is 19.4 Å². The van der Waals surface area contributed by atoms with Crippen LogP contribution in [-0.4, -0.2) is 60.3 Å². The van der Waals surface area contributed by atoms with Crippen LogP contribution < -0.4 is 21.3 Å². The first-order valence-corrected chi connectivity index (χ1v) is 12.4. The van der Waals surface area contributed by atoms with Crippen molar-refractivity contribution in [2.75, 3.05) is 42.9 Å². The van der Waals surface area contributed by atoms with Crippen LogP contribution in [0.5, 0.6) is 0 Å². The zero-order chi connectivity index (χ0) is 26.0. The summed E-state index contributed by atoms with van der Waals surface area (Å²) in [7, 11) is 0.